The van der Waals surface area contributed by atoms with Crippen LogP contribution in [0.25, 0.3) is 0 Å². The fraction of sp³-hybridized carbons (Fsp3) is 0.316. The fourth-order valence-electron chi connectivity index (χ4n) is 2.31. The zero-order valence-electron chi connectivity index (χ0n) is 14.9. The van der Waals surface area contributed by atoms with Gasteiger partial charge in [0.05, 0.1) is 25.5 Å². The molecule has 0 aliphatic carbocycles. The highest BCUT2D eigenvalue weighted by atomic mass is 19.1. The van der Waals surface area contributed by atoms with Crippen LogP contribution in [0.1, 0.15) is 31.1 Å². The summed E-state index contributed by atoms with van der Waals surface area (Å²) in [6.07, 6.45) is 0. The zero-order chi connectivity index (χ0) is 19.1. The molecule has 0 unspecified atom stereocenters. The van der Waals surface area contributed by atoms with E-state index in [1.54, 1.807) is 13.8 Å². The number of anilines is 1. The van der Waals surface area contributed by atoms with E-state index in [2.05, 4.69) is 5.32 Å². The van der Waals surface area contributed by atoms with Crippen LogP contribution in [0.2, 0.25) is 0 Å². The Bertz CT molecular complexity index is 753. The van der Waals surface area contributed by atoms with Gasteiger partial charge in [-0.3, -0.25) is 4.79 Å². The van der Waals surface area contributed by atoms with E-state index in [-0.39, 0.29) is 11.3 Å². The third-order valence-corrected chi connectivity index (χ3v) is 3.35. The third kappa shape index (κ3) is 4.62. The molecule has 7 heteroatoms. The molecule has 0 heterocycles. The van der Waals surface area contributed by atoms with Gasteiger partial charge in [0.1, 0.15) is 11.6 Å². The molecule has 0 bridgehead atoms. The molecule has 5 nitrogen and oxygen atoms in total. The summed E-state index contributed by atoms with van der Waals surface area (Å²) >= 11 is 0. The Morgan fingerprint density at radius 2 is 1.50 bits per heavy atom. The number of carbonyl (C=O) groups excluding carboxylic acids is 1. The molecule has 0 fully saturated rings. The molecule has 0 radical (unpaired) electrons. The van der Waals surface area contributed by atoms with Crippen molar-refractivity contribution in [2.75, 3.05) is 25.1 Å². The van der Waals surface area contributed by atoms with Gasteiger partial charge in [-0.25, -0.2) is 8.78 Å². The van der Waals surface area contributed by atoms with Crippen molar-refractivity contribution in [1.29, 1.82) is 0 Å². The van der Waals surface area contributed by atoms with Crippen LogP contribution < -0.4 is 19.5 Å². The Hall–Kier alpha value is -2.83. The second-order valence-corrected chi connectivity index (χ2v) is 5.18. The van der Waals surface area contributed by atoms with E-state index in [1.165, 1.54) is 12.1 Å². The monoisotopic (exact) mass is 365 g/mol. The van der Waals surface area contributed by atoms with Crippen LogP contribution in [0.15, 0.2) is 30.3 Å². The van der Waals surface area contributed by atoms with E-state index in [9.17, 15) is 13.6 Å². The third-order valence-electron chi connectivity index (χ3n) is 3.35. The first-order valence-corrected chi connectivity index (χ1v) is 8.32. The van der Waals surface area contributed by atoms with E-state index in [0.717, 1.165) is 18.2 Å². The molecule has 2 rings (SSSR count). The van der Waals surface area contributed by atoms with Crippen LogP contribution in [0, 0.1) is 11.6 Å². The van der Waals surface area contributed by atoms with Crippen molar-refractivity contribution < 1.29 is 27.8 Å². The average molecular weight is 365 g/mol. The van der Waals surface area contributed by atoms with Crippen LogP contribution in [-0.2, 0) is 0 Å². The van der Waals surface area contributed by atoms with Crippen LogP contribution >= 0.6 is 0 Å². The summed E-state index contributed by atoms with van der Waals surface area (Å²) in [5.74, 6) is -0.946. The van der Waals surface area contributed by atoms with Crippen molar-refractivity contribution in [1.82, 2.24) is 0 Å². The molecule has 1 amide bonds. The van der Waals surface area contributed by atoms with Crippen molar-refractivity contribution in [3.05, 3.63) is 47.5 Å². The van der Waals surface area contributed by atoms with Crippen LogP contribution in [0.5, 0.6) is 17.2 Å². The maximum atomic E-state index is 13.8. The van der Waals surface area contributed by atoms with Crippen LogP contribution in [0.4, 0.5) is 14.5 Å². The number of amides is 1. The SMILES string of the molecule is CCOc1cc(C(=O)Nc2cc(F)ccc2F)cc(OCC)c1OCC. The van der Waals surface area contributed by atoms with Gasteiger partial charge in [-0.15, -0.1) is 0 Å². The quantitative estimate of drug-likeness (QED) is 0.753. The molecule has 26 heavy (non-hydrogen) atoms. The molecule has 0 saturated carbocycles. The molecule has 0 aliphatic rings. The van der Waals surface area contributed by atoms with Gasteiger partial charge in [-0.1, -0.05) is 0 Å². The van der Waals surface area contributed by atoms with Gasteiger partial charge in [0.25, 0.3) is 5.91 Å². The molecule has 0 atom stereocenters. The fourth-order valence-corrected chi connectivity index (χ4v) is 2.31. The van der Waals surface area contributed by atoms with Crippen molar-refractivity contribution in [3.63, 3.8) is 0 Å². The van der Waals surface area contributed by atoms with Gasteiger partial charge < -0.3 is 19.5 Å². The Kier molecular flexibility index (Phi) is 6.77. The molecule has 0 aliphatic heterocycles. The molecule has 0 spiro atoms. The highest BCUT2D eigenvalue weighted by molar-refractivity contribution is 6.05. The molecular formula is C19H21F2NO4. The van der Waals surface area contributed by atoms with Crippen molar-refractivity contribution in [2.45, 2.75) is 20.8 Å². The Morgan fingerprint density at radius 1 is 0.923 bits per heavy atom. The summed E-state index contributed by atoms with van der Waals surface area (Å²) in [5.41, 5.74) is -0.0798. The topological polar surface area (TPSA) is 56.8 Å². The molecular weight excluding hydrogens is 344 g/mol. The number of hydrogen-bond donors (Lipinski definition) is 1. The second kappa shape index (κ2) is 9.03. The predicted octanol–water partition coefficient (Wildman–Crippen LogP) is 4.41. The number of rotatable bonds is 8. The van der Waals surface area contributed by atoms with Crippen molar-refractivity contribution in [2.24, 2.45) is 0 Å². The maximum Gasteiger partial charge on any atom is 0.256 e. The van der Waals surface area contributed by atoms with Gasteiger partial charge in [0.15, 0.2) is 11.5 Å². The van der Waals surface area contributed by atoms with Gasteiger partial charge in [0.2, 0.25) is 5.75 Å². The Labute approximate surface area is 150 Å². The minimum absolute atomic E-state index is 0.170. The second-order valence-electron chi connectivity index (χ2n) is 5.18. The van der Waals surface area contributed by atoms with Gasteiger partial charge in [-0.05, 0) is 45.0 Å². The lowest BCUT2D eigenvalue weighted by Gasteiger charge is -2.17. The van der Waals surface area contributed by atoms with E-state index in [0.29, 0.717) is 37.1 Å². The molecule has 140 valence electrons. The summed E-state index contributed by atoms with van der Waals surface area (Å²) < 4.78 is 43.7. The Morgan fingerprint density at radius 3 is 2.04 bits per heavy atom. The summed E-state index contributed by atoms with van der Waals surface area (Å²) in [6, 6.07) is 5.78. The number of ether oxygens (including phenoxy) is 3. The number of halogens is 2. The van der Waals surface area contributed by atoms with E-state index < -0.39 is 17.5 Å². The lowest BCUT2D eigenvalue weighted by atomic mass is 10.1. The molecule has 0 saturated heterocycles. The molecule has 1 N–H and O–H groups in total. The van der Waals surface area contributed by atoms with Gasteiger partial charge in [-0.2, -0.15) is 0 Å². The maximum absolute atomic E-state index is 13.8. The zero-order valence-corrected chi connectivity index (χ0v) is 14.9. The first kappa shape index (κ1) is 19.5. The summed E-state index contributed by atoms with van der Waals surface area (Å²) in [5, 5.41) is 2.35. The summed E-state index contributed by atoms with van der Waals surface area (Å²) in [4.78, 5) is 12.5. The van der Waals surface area contributed by atoms with Crippen LogP contribution in [-0.4, -0.2) is 25.7 Å². The largest absolute Gasteiger partial charge is 0.490 e. The summed E-state index contributed by atoms with van der Waals surface area (Å²) in [7, 11) is 0. The Balaban J connectivity index is 2.40. The molecule has 2 aromatic rings. The standard InChI is InChI=1S/C19H21F2NO4/c1-4-24-16-9-12(10-17(25-5-2)18(16)26-6-3)19(23)22-15-11-13(20)7-8-14(15)21/h7-11H,4-6H2,1-3H3,(H,22,23). The van der Waals surface area contributed by atoms with Gasteiger partial charge >= 0.3 is 0 Å². The number of hydrogen-bond acceptors (Lipinski definition) is 4. The lowest BCUT2D eigenvalue weighted by molar-refractivity contribution is 0.102. The average Bonchev–Trinajstić information content (AvgIpc) is 2.61. The van der Waals surface area contributed by atoms with E-state index in [4.69, 9.17) is 14.2 Å². The van der Waals surface area contributed by atoms with Crippen LogP contribution in [0.3, 0.4) is 0 Å². The summed E-state index contributed by atoms with van der Waals surface area (Å²) in [6.45, 7) is 6.51. The number of carbonyl (C=O) groups is 1. The number of benzene rings is 2. The highest BCUT2D eigenvalue weighted by Crippen LogP contribution is 2.39. The minimum Gasteiger partial charge on any atom is -0.490 e. The van der Waals surface area contributed by atoms with E-state index >= 15 is 0 Å². The van der Waals surface area contributed by atoms with Crippen molar-refractivity contribution >= 4 is 11.6 Å². The smallest absolute Gasteiger partial charge is 0.256 e. The van der Waals surface area contributed by atoms with Gasteiger partial charge in [0, 0.05) is 11.6 Å². The molecule has 2 aromatic carbocycles. The predicted molar refractivity (Wildman–Crippen MR) is 94.3 cm³/mol. The first-order valence-electron chi connectivity index (χ1n) is 8.32. The highest BCUT2D eigenvalue weighted by Gasteiger charge is 2.19. The van der Waals surface area contributed by atoms with E-state index in [1.807, 2.05) is 6.92 Å². The lowest BCUT2D eigenvalue weighted by Crippen LogP contribution is -2.14. The van der Waals surface area contributed by atoms with Crippen molar-refractivity contribution in [3.8, 4) is 17.2 Å². The molecule has 0 aromatic heterocycles. The minimum atomic E-state index is -0.735. The number of nitrogens with one attached hydrogen (secondary N) is 1. The normalized spacial score (nSPS) is 10.3. The first-order chi connectivity index (χ1) is 12.5.